The Morgan fingerprint density at radius 2 is 1.92 bits per heavy atom. The second-order valence-electron chi connectivity index (χ2n) is 8.15. The van der Waals surface area contributed by atoms with E-state index in [1.807, 2.05) is 7.05 Å². The standard InChI is InChI=1S/C21H31BrN4/c1-23-21(24-20-13-19(20)17-5-7-18(22)8-6-17)26-12-9-16(15-26)14-25-10-3-2-4-11-25/h5-8,16,19-20H,2-4,9-15H2,1H3,(H,23,24). The van der Waals surface area contributed by atoms with Gasteiger partial charge in [0.1, 0.15) is 0 Å². The predicted molar refractivity (Wildman–Crippen MR) is 112 cm³/mol. The Bertz CT molecular complexity index is 623. The van der Waals surface area contributed by atoms with Crippen molar-refractivity contribution in [1.82, 2.24) is 15.1 Å². The lowest BCUT2D eigenvalue weighted by Crippen LogP contribution is -2.42. The highest BCUT2D eigenvalue weighted by Gasteiger charge is 2.40. The SMILES string of the molecule is CN=C(NC1CC1c1ccc(Br)cc1)N1CCC(CN2CCCCC2)C1. The van der Waals surface area contributed by atoms with Gasteiger partial charge in [-0.3, -0.25) is 4.99 Å². The molecule has 0 radical (unpaired) electrons. The highest BCUT2D eigenvalue weighted by Crippen LogP contribution is 2.41. The topological polar surface area (TPSA) is 30.9 Å². The number of piperidine rings is 1. The number of guanidine groups is 1. The average Bonchev–Trinajstić information content (AvgIpc) is 3.29. The van der Waals surface area contributed by atoms with Gasteiger partial charge in [0.05, 0.1) is 0 Å². The van der Waals surface area contributed by atoms with E-state index in [1.54, 1.807) is 0 Å². The van der Waals surface area contributed by atoms with E-state index in [1.165, 1.54) is 57.3 Å². The smallest absolute Gasteiger partial charge is 0.193 e. The van der Waals surface area contributed by atoms with Crippen molar-refractivity contribution in [3.63, 3.8) is 0 Å². The molecule has 0 spiro atoms. The van der Waals surface area contributed by atoms with Gasteiger partial charge >= 0.3 is 0 Å². The molecule has 3 fully saturated rings. The number of rotatable bonds is 4. The van der Waals surface area contributed by atoms with Crippen molar-refractivity contribution in [1.29, 1.82) is 0 Å². The van der Waals surface area contributed by atoms with E-state index in [0.717, 1.165) is 29.4 Å². The maximum absolute atomic E-state index is 4.58. The van der Waals surface area contributed by atoms with Crippen LogP contribution >= 0.6 is 15.9 Å². The van der Waals surface area contributed by atoms with Crippen molar-refractivity contribution in [2.75, 3.05) is 39.8 Å². The van der Waals surface area contributed by atoms with Gasteiger partial charge in [-0.1, -0.05) is 34.5 Å². The Labute approximate surface area is 166 Å². The fourth-order valence-electron chi connectivity index (χ4n) is 4.58. The first kappa shape index (κ1) is 18.3. The minimum absolute atomic E-state index is 0.538. The van der Waals surface area contributed by atoms with Gasteiger partial charge in [-0.25, -0.2) is 0 Å². The van der Waals surface area contributed by atoms with Crippen molar-refractivity contribution >= 4 is 21.9 Å². The number of nitrogens with zero attached hydrogens (tertiary/aromatic N) is 3. The summed E-state index contributed by atoms with van der Waals surface area (Å²) < 4.78 is 1.15. The lowest BCUT2D eigenvalue weighted by atomic mass is 10.1. The fourth-order valence-corrected chi connectivity index (χ4v) is 4.84. The minimum atomic E-state index is 0.538. The molecule has 2 aliphatic heterocycles. The van der Waals surface area contributed by atoms with Gasteiger partial charge in [-0.2, -0.15) is 0 Å². The Morgan fingerprint density at radius 3 is 2.65 bits per heavy atom. The molecule has 1 aromatic rings. The zero-order valence-corrected chi connectivity index (χ0v) is 17.4. The van der Waals surface area contributed by atoms with Crippen LogP contribution in [0.5, 0.6) is 0 Å². The summed E-state index contributed by atoms with van der Waals surface area (Å²) in [7, 11) is 1.93. The van der Waals surface area contributed by atoms with E-state index in [0.29, 0.717) is 12.0 Å². The van der Waals surface area contributed by atoms with Crippen molar-refractivity contribution in [2.45, 2.75) is 44.1 Å². The lowest BCUT2D eigenvalue weighted by Gasteiger charge is -2.29. The Kier molecular flexibility index (Phi) is 5.84. The molecule has 0 bridgehead atoms. The number of likely N-dealkylation sites (tertiary alicyclic amines) is 2. The third kappa shape index (κ3) is 4.42. The van der Waals surface area contributed by atoms with Gasteiger partial charge in [0.25, 0.3) is 0 Å². The molecule has 3 atom stereocenters. The van der Waals surface area contributed by atoms with Crippen molar-refractivity contribution in [2.24, 2.45) is 10.9 Å². The van der Waals surface area contributed by atoms with Crippen LogP contribution in [-0.2, 0) is 0 Å². The Balaban J connectivity index is 1.26. The Hall–Kier alpha value is -1.07. The zero-order chi connectivity index (χ0) is 17.9. The van der Waals surface area contributed by atoms with Crippen LogP contribution in [0.3, 0.4) is 0 Å². The molecule has 26 heavy (non-hydrogen) atoms. The van der Waals surface area contributed by atoms with E-state index < -0.39 is 0 Å². The molecule has 0 aromatic heterocycles. The molecule has 4 nitrogen and oxygen atoms in total. The van der Waals surface area contributed by atoms with E-state index in [2.05, 4.69) is 60.3 Å². The first-order valence-corrected chi connectivity index (χ1v) is 11.0. The van der Waals surface area contributed by atoms with E-state index in [9.17, 15) is 0 Å². The molecule has 4 rings (SSSR count). The molecule has 0 amide bonds. The van der Waals surface area contributed by atoms with Crippen LogP contribution in [0.2, 0.25) is 0 Å². The van der Waals surface area contributed by atoms with Crippen LogP contribution in [0.15, 0.2) is 33.7 Å². The second kappa shape index (κ2) is 8.30. The molecule has 3 unspecified atom stereocenters. The van der Waals surface area contributed by atoms with Gasteiger partial charge in [0, 0.05) is 43.1 Å². The number of halogens is 1. The molecular weight excluding hydrogens is 388 g/mol. The molecule has 1 aliphatic carbocycles. The van der Waals surface area contributed by atoms with Crippen LogP contribution in [0, 0.1) is 5.92 Å². The van der Waals surface area contributed by atoms with Crippen LogP contribution in [0.1, 0.15) is 43.6 Å². The summed E-state index contributed by atoms with van der Waals surface area (Å²) in [6.07, 6.45) is 6.71. The largest absolute Gasteiger partial charge is 0.353 e. The van der Waals surface area contributed by atoms with Crippen molar-refractivity contribution in [3.8, 4) is 0 Å². The minimum Gasteiger partial charge on any atom is -0.353 e. The summed E-state index contributed by atoms with van der Waals surface area (Å²) in [6, 6.07) is 9.31. The number of aliphatic imine (C=N–C) groups is 1. The highest BCUT2D eigenvalue weighted by atomic mass is 79.9. The Morgan fingerprint density at radius 1 is 1.15 bits per heavy atom. The summed E-state index contributed by atoms with van der Waals surface area (Å²) in [4.78, 5) is 9.74. The summed E-state index contributed by atoms with van der Waals surface area (Å²) in [6.45, 7) is 6.19. The molecule has 1 saturated carbocycles. The second-order valence-corrected chi connectivity index (χ2v) is 9.07. The van der Waals surface area contributed by atoms with Gasteiger partial charge < -0.3 is 15.1 Å². The molecule has 5 heteroatoms. The van der Waals surface area contributed by atoms with Crippen LogP contribution in [-0.4, -0.2) is 61.6 Å². The fraction of sp³-hybridized carbons (Fsp3) is 0.667. The monoisotopic (exact) mass is 418 g/mol. The number of hydrogen-bond donors (Lipinski definition) is 1. The summed E-state index contributed by atoms with van der Waals surface area (Å²) in [5, 5.41) is 3.72. The molecule has 142 valence electrons. The molecule has 3 aliphatic rings. The van der Waals surface area contributed by atoms with Crippen molar-refractivity contribution in [3.05, 3.63) is 34.3 Å². The zero-order valence-electron chi connectivity index (χ0n) is 15.8. The lowest BCUT2D eigenvalue weighted by molar-refractivity contribution is 0.198. The van der Waals surface area contributed by atoms with Crippen LogP contribution < -0.4 is 5.32 Å². The number of hydrogen-bond acceptors (Lipinski definition) is 2. The van der Waals surface area contributed by atoms with Gasteiger partial charge in [0.2, 0.25) is 0 Å². The van der Waals surface area contributed by atoms with Crippen molar-refractivity contribution < 1.29 is 0 Å². The maximum atomic E-state index is 4.58. The normalized spacial score (nSPS) is 29.8. The summed E-state index contributed by atoms with van der Waals surface area (Å²) in [5.74, 6) is 2.54. The predicted octanol–water partition coefficient (Wildman–Crippen LogP) is 3.69. The summed E-state index contributed by atoms with van der Waals surface area (Å²) >= 11 is 3.52. The van der Waals surface area contributed by atoms with Crippen LogP contribution in [0.4, 0.5) is 0 Å². The summed E-state index contributed by atoms with van der Waals surface area (Å²) in [5.41, 5.74) is 1.44. The first-order valence-electron chi connectivity index (χ1n) is 10.2. The van der Waals surface area contributed by atoms with E-state index in [-0.39, 0.29) is 0 Å². The molecular formula is C21H31BrN4. The average molecular weight is 419 g/mol. The van der Waals surface area contributed by atoms with E-state index in [4.69, 9.17) is 0 Å². The molecule has 2 heterocycles. The maximum Gasteiger partial charge on any atom is 0.193 e. The van der Waals surface area contributed by atoms with Crippen LogP contribution in [0.25, 0.3) is 0 Å². The number of nitrogens with one attached hydrogen (secondary N) is 1. The van der Waals surface area contributed by atoms with Gasteiger partial charge in [-0.05, 0) is 62.4 Å². The van der Waals surface area contributed by atoms with E-state index >= 15 is 0 Å². The molecule has 1 aromatic carbocycles. The third-order valence-electron chi connectivity index (χ3n) is 6.17. The molecule has 2 saturated heterocycles. The highest BCUT2D eigenvalue weighted by molar-refractivity contribution is 9.10. The van der Waals surface area contributed by atoms with Gasteiger partial charge in [-0.15, -0.1) is 0 Å². The number of benzene rings is 1. The third-order valence-corrected chi connectivity index (χ3v) is 6.69. The van der Waals surface area contributed by atoms with Gasteiger partial charge in [0.15, 0.2) is 5.96 Å². The molecule has 1 N–H and O–H groups in total. The first-order chi connectivity index (χ1) is 12.7. The quantitative estimate of drug-likeness (QED) is 0.597.